The molecule has 0 radical (unpaired) electrons. The van der Waals surface area contributed by atoms with Gasteiger partial charge in [0.1, 0.15) is 5.60 Å². The second-order valence-corrected chi connectivity index (χ2v) is 4.87. The molecule has 94 valence electrons. The highest BCUT2D eigenvalue weighted by Gasteiger charge is 2.30. The van der Waals surface area contributed by atoms with Crippen LogP contribution in [0.15, 0.2) is 48.5 Å². The highest BCUT2D eigenvalue weighted by molar-refractivity contribution is 6.42. The summed E-state index contributed by atoms with van der Waals surface area (Å²) >= 11 is 11.9. The van der Waals surface area contributed by atoms with Gasteiger partial charge in [0.2, 0.25) is 0 Å². The highest BCUT2D eigenvalue weighted by Crippen LogP contribution is 2.32. The van der Waals surface area contributed by atoms with Crippen LogP contribution in [0.3, 0.4) is 0 Å². The number of rotatable bonds is 3. The Morgan fingerprint density at radius 3 is 2.17 bits per heavy atom. The molecule has 1 unspecified atom stereocenters. The molecule has 0 fully saturated rings. The van der Waals surface area contributed by atoms with Crippen LogP contribution in [0.5, 0.6) is 0 Å². The predicted molar refractivity (Wildman–Crippen MR) is 75.0 cm³/mol. The van der Waals surface area contributed by atoms with Gasteiger partial charge >= 0.3 is 0 Å². The molecule has 2 rings (SSSR count). The van der Waals surface area contributed by atoms with E-state index in [2.05, 4.69) is 0 Å². The number of hydrogen-bond donors (Lipinski definition) is 2. The average Bonchev–Trinajstić information content (AvgIpc) is 2.42. The lowest BCUT2D eigenvalue weighted by atomic mass is 9.86. The zero-order valence-corrected chi connectivity index (χ0v) is 11.1. The van der Waals surface area contributed by atoms with Crippen LogP contribution in [0, 0.1) is 0 Å². The SMILES string of the molecule is NCC(O)(c1ccccc1)c1ccc(Cl)c(Cl)c1. The first kappa shape index (κ1) is 13.4. The Morgan fingerprint density at radius 1 is 0.944 bits per heavy atom. The van der Waals surface area contributed by atoms with Crippen molar-refractivity contribution in [3.05, 3.63) is 69.7 Å². The third-order valence-corrected chi connectivity index (χ3v) is 3.68. The zero-order valence-electron chi connectivity index (χ0n) is 9.61. The number of halogens is 2. The Labute approximate surface area is 116 Å². The third kappa shape index (κ3) is 2.38. The van der Waals surface area contributed by atoms with Crippen molar-refractivity contribution < 1.29 is 5.11 Å². The molecule has 0 heterocycles. The first-order valence-electron chi connectivity index (χ1n) is 5.51. The smallest absolute Gasteiger partial charge is 0.127 e. The number of aliphatic hydroxyl groups is 1. The van der Waals surface area contributed by atoms with Crippen molar-refractivity contribution in [1.82, 2.24) is 0 Å². The van der Waals surface area contributed by atoms with Gasteiger partial charge in [0.05, 0.1) is 10.0 Å². The van der Waals surface area contributed by atoms with E-state index in [1.807, 2.05) is 30.3 Å². The number of hydrogen-bond acceptors (Lipinski definition) is 2. The molecule has 0 bridgehead atoms. The Hall–Kier alpha value is -1.06. The lowest BCUT2D eigenvalue weighted by Gasteiger charge is -2.28. The van der Waals surface area contributed by atoms with Crippen molar-refractivity contribution in [1.29, 1.82) is 0 Å². The Morgan fingerprint density at radius 2 is 1.61 bits per heavy atom. The lowest BCUT2D eigenvalue weighted by Crippen LogP contribution is -2.36. The summed E-state index contributed by atoms with van der Waals surface area (Å²) in [5, 5.41) is 11.6. The van der Waals surface area contributed by atoms with E-state index in [1.165, 1.54) is 0 Å². The Balaban J connectivity index is 2.53. The molecule has 2 aromatic rings. The minimum absolute atomic E-state index is 0.0645. The van der Waals surface area contributed by atoms with Crippen molar-refractivity contribution >= 4 is 23.2 Å². The lowest BCUT2D eigenvalue weighted by molar-refractivity contribution is 0.0902. The van der Waals surface area contributed by atoms with Crippen molar-refractivity contribution in [2.45, 2.75) is 5.60 Å². The summed E-state index contributed by atoms with van der Waals surface area (Å²) in [5.41, 5.74) is 5.84. The van der Waals surface area contributed by atoms with Gasteiger partial charge in [-0.1, -0.05) is 59.6 Å². The van der Waals surface area contributed by atoms with Crippen molar-refractivity contribution in [2.75, 3.05) is 6.54 Å². The van der Waals surface area contributed by atoms with Gasteiger partial charge in [0, 0.05) is 6.54 Å². The van der Waals surface area contributed by atoms with E-state index in [0.717, 1.165) is 5.56 Å². The standard InChI is InChI=1S/C14H13Cl2NO/c15-12-7-6-11(8-13(12)16)14(18,9-17)10-4-2-1-3-5-10/h1-8,18H,9,17H2. The molecule has 0 spiro atoms. The first-order valence-corrected chi connectivity index (χ1v) is 6.27. The molecular formula is C14H13Cl2NO. The van der Waals surface area contributed by atoms with E-state index < -0.39 is 5.60 Å². The summed E-state index contributed by atoms with van der Waals surface area (Å²) in [4.78, 5) is 0. The van der Waals surface area contributed by atoms with Crippen LogP contribution in [0.1, 0.15) is 11.1 Å². The second-order valence-electron chi connectivity index (χ2n) is 4.06. The molecule has 1 atom stereocenters. The van der Waals surface area contributed by atoms with Gasteiger partial charge in [-0.2, -0.15) is 0 Å². The fourth-order valence-corrected chi connectivity index (χ4v) is 2.17. The van der Waals surface area contributed by atoms with Crippen LogP contribution >= 0.6 is 23.2 Å². The van der Waals surface area contributed by atoms with Crippen LogP contribution in [-0.2, 0) is 5.60 Å². The van der Waals surface area contributed by atoms with Crippen molar-refractivity contribution in [3.63, 3.8) is 0 Å². The topological polar surface area (TPSA) is 46.2 Å². The molecular weight excluding hydrogens is 269 g/mol. The molecule has 0 saturated carbocycles. The summed E-state index contributed by atoms with van der Waals surface area (Å²) in [6, 6.07) is 14.3. The van der Waals surface area contributed by atoms with Gasteiger partial charge in [-0.3, -0.25) is 0 Å². The normalized spacial score (nSPS) is 14.2. The Bertz CT molecular complexity index is 545. The maximum absolute atomic E-state index is 10.8. The quantitative estimate of drug-likeness (QED) is 0.908. The van der Waals surface area contributed by atoms with Gasteiger partial charge in [0.15, 0.2) is 0 Å². The molecule has 2 nitrogen and oxygen atoms in total. The predicted octanol–water partition coefficient (Wildman–Crippen LogP) is 3.19. The first-order chi connectivity index (χ1) is 8.58. The van der Waals surface area contributed by atoms with Crippen LogP contribution in [-0.4, -0.2) is 11.7 Å². The molecule has 18 heavy (non-hydrogen) atoms. The molecule has 4 heteroatoms. The number of nitrogens with two attached hydrogens (primary N) is 1. The molecule has 0 saturated heterocycles. The summed E-state index contributed by atoms with van der Waals surface area (Å²) in [6.45, 7) is 0.0645. The molecule has 2 aromatic carbocycles. The van der Waals surface area contributed by atoms with Crippen LogP contribution in [0.2, 0.25) is 10.0 Å². The number of benzene rings is 2. The fourth-order valence-electron chi connectivity index (χ4n) is 1.87. The highest BCUT2D eigenvalue weighted by atomic mass is 35.5. The summed E-state index contributed by atoms with van der Waals surface area (Å²) < 4.78 is 0. The minimum atomic E-state index is -1.25. The summed E-state index contributed by atoms with van der Waals surface area (Å²) in [7, 11) is 0. The van der Waals surface area contributed by atoms with E-state index in [9.17, 15) is 5.11 Å². The molecule has 0 aliphatic heterocycles. The monoisotopic (exact) mass is 281 g/mol. The van der Waals surface area contributed by atoms with E-state index in [0.29, 0.717) is 15.6 Å². The van der Waals surface area contributed by atoms with Gasteiger partial charge < -0.3 is 10.8 Å². The fraction of sp³-hybridized carbons (Fsp3) is 0.143. The zero-order chi connectivity index (χ0) is 13.2. The second kappa shape index (κ2) is 5.29. The van der Waals surface area contributed by atoms with Crippen molar-refractivity contribution in [2.24, 2.45) is 5.73 Å². The summed E-state index contributed by atoms with van der Waals surface area (Å²) in [6.07, 6.45) is 0. The van der Waals surface area contributed by atoms with Crippen molar-refractivity contribution in [3.8, 4) is 0 Å². The van der Waals surface area contributed by atoms with Crippen LogP contribution in [0.25, 0.3) is 0 Å². The van der Waals surface area contributed by atoms with Gasteiger partial charge in [-0.15, -0.1) is 0 Å². The third-order valence-electron chi connectivity index (χ3n) is 2.94. The van der Waals surface area contributed by atoms with E-state index >= 15 is 0 Å². The average molecular weight is 282 g/mol. The Kier molecular flexibility index (Phi) is 3.93. The molecule has 0 aromatic heterocycles. The maximum Gasteiger partial charge on any atom is 0.127 e. The molecule has 0 aliphatic carbocycles. The summed E-state index contributed by atoms with van der Waals surface area (Å²) in [5.74, 6) is 0. The maximum atomic E-state index is 10.8. The van der Waals surface area contributed by atoms with Crippen LogP contribution < -0.4 is 5.73 Å². The van der Waals surface area contributed by atoms with E-state index in [4.69, 9.17) is 28.9 Å². The molecule has 0 aliphatic rings. The molecule has 3 N–H and O–H groups in total. The largest absolute Gasteiger partial charge is 0.379 e. The van der Waals surface area contributed by atoms with Crippen LogP contribution in [0.4, 0.5) is 0 Å². The van der Waals surface area contributed by atoms with Gasteiger partial charge in [-0.25, -0.2) is 0 Å². The minimum Gasteiger partial charge on any atom is -0.379 e. The van der Waals surface area contributed by atoms with E-state index in [-0.39, 0.29) is 6.54 Å². The van der Waals surface area contributed by atoms with E-state index in [1.54, 1.807) is 18.2 Å². The molecule has 0 amide bonds. The van der Waals surface area contributed by atoms with Gasteiger partial charge in [0.25, 0.3) is 0 Å². The van der Waals surface area contributed by atoms with Gasteiger partial charge in [-0.05, 0) is 23.3 Å².